The summed E-state index contributed by atoms with van der Waals surface area (Å²) < 4.78 is 11.3. The van der Waals surface area contributed by atoms with Crippen LogP contribution in [0.4, 0.5) is 0 Å². The van der Waals surface area contributed by atoms with Gasteiger partial charge in [-0.1, -0.05) is 23.4 Å². The second kappa shape index (κ2) is 8.35. The van der Waals surface area contributed by atoms with Crippen molar-refractivity contribution in [1.82, 2.24) is 25.2 Å². The summed E-state index contributed by atoms with van der Waals surface area (Å²) in [5.41, 5.74) is 2.27. The lowest BCUT2D eigenvalue weighted by atomic mass is 10.1. The van der Waals surface area contributed by atoms with E-state index in [0.29, 0.717) is 43.5 Å². The Bertz CT molecular complexity index is 913. The van der Waals surface area contributed by atoms with Gasteiger partial charge in [0.2, 0.25) is 0 Å². The van der Waals surface area contributed by atoms with E-state index in [-0.39, 0.29) is 12.0 Å². The second-order valence-electron chi connectivity index (χ2n) is 6.93. The molecule has 1 aromatic carbocycles. The Morgan fingerprint density at radius 2 is 2.07 bits per heavy atom. The van der Waals surface area contributed by atoms with Crippen LogP contribution >= 0.6 is 0 Å². The topological polar surface area (TPSA) is 97.1 Å². The molecule has 0 saturated carbocycles. The van der Waals surface area contributed by atoms with Gasteiger partial charge in [-0.25, -0.2) is 0 Å². The van der Waals surface area contributed by atoms with Gasteiger partial charge >= 0.3 is 0 Å². The number of hydrogen-bond donors (Lipinski definition) is 1. The number of carbonyl (C=O) groups excluding carboxylic acids is 1. The lowest BCUT2D eigenvalue weighted by molar-refractivity contribution is 0.00931. The molecule has 0 unspecified atom stereocenters. The number of benzene rings is 1. The normalized spacial score (nSPS) is 15.1. The highest BCUT2D eigenvalue weighted by molar-refractivity contribution is 5.92. The van der Waals surface area contributed by atoms with E-state index in [4.69, 9.17) is 9.26 Å². The third-order valence-corrected chi connectivity index (χ3v) is 4.82. The highest BCUT2D eigenvalue weighted by Gasteiger charge is 2.25. The standard InChI is InChI=1S/C20H23N5O3/c1-14-13-17(23-22-14)20(26)25-10-7-16(8-11-25)27-12-9-18-21-19(28-24-18)15-5-3-2-4-6-15/h2-6,13,16H,7-12H2,1H3,(H,22,23). The molecule has 146 valence electrons. The van der Waals surface area contributed by atoms with E-state index in [2.05, 4.69) is 20.3 Å². The maximum Gasteiger partial charge on any atom is 0.274 e. The molecule has 0 radical (unpaired) electrons. The Labute approximate surface area is 162 Å². The molecule has 1 saturated heterocycles. The van der Waals surface area contributed by atoms with E-state index in [1.54, 1.807) is 6.07 Å². The minimum Gasteiger partial charge on any atom is -0.378 e. The zero-order valence-electron chi connectivity index (χ0n) is 15.8. The van der Waals surface area contributed by atoms with Crippen LogP contribution in [0.2, 0.25) is 0 Å². The number of aromatic nitrogens is 4. The van der Waals surface area contributed by atoms with Gasteiger partial charge in [0.1, 0.15) is 5.69 Å². The van der Waals surface area contributed by atoms with Crippen LogP contribution in [0.25, 0.3) is 11.5 Å². The number of amides is 1. The predicted molar refractivity (Wildman–Crippen MR) is 102 cm³/mol. The SMILES string of the molecule is Cc1cc(C(=O)N2CCC(OCCc3noc(-c4ccccc4)n3)CC2)n[nH]1. The first-order chi connectivity index (χ1) is 13.7. The number of piperidine rings is 1. The van der Waals surface area contributed by atoms with Crippen molar-refractivity contribution in [1.29, 1.82) is 0 Å². The first kappa shape index (κ1) is 18.4. The van der Waals surface area contributed by atoms with Crippen molar-refractivity contribution in [2.24, 2.45) is 0 Å². The molecule has 1 aliphatic heterocycles. The third-order valence-electron chi connectivity index (χ3n) is 4.82. The van der Waals surface area contributed by atoms with Crippen LogP contribution in [-0.2, 0) is 11.2 Å². The quantitative estimate of drug-likeness (QED) is 0.705. The average Bonchev–Trinajstić information content (AvgIpc) is 3.38. The number of aryl methyl sites for hydroxylation is 1. The van der Waals surface area contributed by atoms with Crippen LogP contribution in [0, 0.1) is 6.92 Å². The number of carbonyl (C=O) groups is 1. The number of hydrogen-bond acceptors (Lipinski definition) is 6. The van der Waals surface area contributed by atoms with Crippen molar-refractivity contribution in [2.45, 2.75) is 32.3 Å². The number of nitrogens with zero attached hydrogens (tertiary/aromatic N) is 4. The molecule has 1 amide bonds. The first-order valence-corrected chi connectivity index (χ1v) is 9.50. The number of ether oxygens (including phenoxy) is 1. The Morgan fingerprint density at radius 1 is 1.29 bits per heavy atom. The summed E-state index contributed by atoms with van der Waals surface area (Å²) >= 11 is 0. The van der Waals surface area contributed by atoms with E-state index >= 15 is 0 Å². The van der Waals surface area contributed by atoms with Crippen molar-refractivity contribution in [3.63, 3.8) is 0 Å². The fourth-order valence-corrected chi connectivity index (χ4v) is 3.29. The highest BCUT2D eigenvalue weighted by Crippen LogP contribution is 2.18. The molecule has 4 rings (SSSR count). The van der Waals surface area contributed by atoms with Crippen molar-refractivity contribution in [2.75, 3.05) is 19.7 Å². The molecule has 1 fully saturated rings. The monoisotopic (exact) mass is 381 g/mol. The summed E-state index contributed by atoms with van der Waals surface area (Å²) in [6.07, 6.45) is 2.38. The predicted octanol–water partition coefficient (Wildman–Crippen LogP) is 2.63. The summed E-state index contributed by atoms with van der Waals surface area (Å²) in [6, 6.07) is 11.5. The van der Waals surface area contributed by atoms with Gasteiger partial charge in [0.25, 0.3) is 11.8 Å². The van der Waals surface area contributed by atoms with Crippen LogP contribution in [0.1, 0.15) is 34.8 Å². The number of rotatable bonds is 6. The van der Waals surface area contributed by atoms with Gasteiger partial charge < -0.3 is 14.2 Å². The summed E-state index contributed by atoms with van der Waals surface area (Å²) in [5.74, 6) is 1.14. The summed E-state index contributed by atoms with van der Waals surface area (Å²) in [4.78, 5) is 18.7. The molecule has 8 nitrogen and oxygen atoms in total. The van der Waals surface area contributed by atoms with E-state index in [1.807, 2.05) is 42.2 Å². The van der Waals surface area contributed by atoms with Crippen LogP contribution in [0.3, 0.4) is 0 Å². The molecular formula is C20H23N5O3. The summed E-state index contributed by atoms with van der Waals surface area (Å²) in [5, 5.41) is 10.9. The first-order valence-electron chi connectivity index (χ1n) is 9.50. The van der Waals surface area contributed by atoms with Gasteiger partial charge in [-0.05, 0) is 38.0 Å². The van der Waals surface area contributed by atoms with Gasteiger partial charge in [0.05, 0.1) is 12.7 Å². The molecule has 8 heteroatoms. The van der Waals surface area contributed by atoms with Crippen LogP contribution < -0.4 is 0 Å². The molecule has 3 aromatic rings. The molecule has 28 heavy (non-hydrogen) atoms. The number of nitrogens with one attached hydrogen (secondary N) is 1. The Kier molecular flexibility index (Phi) is 5.48. The largest absolute Gasteiger partial charge is 0.378 e. The fourth-order valence-electron chi connectivity index (χ4n) is 3.29. The Hall–Kier alpha value is -3.00. The smallest absolute Gasteiger partial charge is 0.274 e. The van der Waals surface area contributed by atoms with Gasteiger partial charge in [-0.2, -0.15) is 10.1 Å². The van der Waals surface area contributed by atoms with Crippen molar-refractivity contribution in [3.8, 4) is 11.5 Å². The van der Waals surface area contributed by atoms with Gasteiger partial charge in [-0.3, -0.25) is 9.89 Å². The molecule has 1 aliphatic rings. The molecule has 3 heterocycles. The lowest BCUT2D eigenvalue weighted by Gasteiger charge is -2.31. The van der Waals surface area contributed by atoms with Gasteiger partial charge in [0, 0.05) is 30.8 Å². The average molecular weight is 381 g/mol. The molecule has 0 bridgehead atoms. The van der Waals surface area contributed by atoms with Crippen molar-refractivity contribution < 1.29 is 14.1 Å². The number of aromatic amines is 1. The fraction of sp³-hybridized carbons (Fsp3) is 0.400. The van der Waals surface area contributed by atoms with E-state index in [0.717, 1.165) is 24.1 Å². The maximum atomic E-state index is 12.4. The number of H-pyrrole nitrogens is 1. The van der Waals surface area contributed by atoms with Crippen LogP contribution in [0.5, 0.6) is 0 Å². The number of likely N-dealkylation sites (tertiary alicyclic amines) is 1. The third kappa shape index (κ3) is 4.28. The minimum absolute atomic E-state index is 0.0250. The zero-order valence-corrected chi connectivity index (χ0v) is 15.8. The lowest BCUT2D eigenvalue weighted by Crippen LogP contribution is -2.41. The van der Waals surface area contributed by atoms with Crippen LogP contribution in [0.15, 0.2) is 40.9 Å². The maximum absolute atomic E-state index is 12.4. The zero-order chi connectivity index (χ0) is 19.3. The van der Waals surface area contributed by atoms with E-state index < -0.39 is 0 Å². The molecule has 0 aliphatic carbocycles. The van der Waals surface area contributed by atoms with Crippen molar-refractivity contribution in [3.05, 3.63) is 53.6 Å². The Morgan fingerprint density at radius 3 is 2.79 bits per heavy atom. The Balaban J connectivity index is 1.21. The molecule has 0 spiro atoms. The molecule has 0 atom stereocenters. The van der Waals surface area contributed by atoms with E-state index in [1.165, 1.54) is 0 Å². The second-order valence-corrected chi connectivity index (χ2v) is 6.93. The molecular weight excluding hydrogens is 358 g/mol. The van der Waals surface area contributed by atoms with Gasteiger partial charge in [0.15, 0.2) is 5.82 Å². The molecule has 1 N–H and O–H groups in total. The summed E-state index contributed by atoms with van der Waals surface area (Å²) in [7, 11) is 0. The summed E-state index contributed by atoms with van der Waals surface area (Å²) in [6.45, 7) is 3.77. The molecule has 2 aromatic heterocycles. The van der Waals surface area contributed by atoms with Gasteiger partial charge in [-0.15, -0.1) is 0 Å². The van der Waals surface area contributed by atoms with E-state index in [9.17, 15) is 4.79 Å². The van der Waals surface area contributed by atoms with Crippen molar-refractivity contribution >= 4 is 5.91 Å². The highest BCUT2D eigenvalue weighted by atomic mass is 16.5. The van der Waals surface area contributed by atoms with Crippen LogP contribution in [-0.4, -0.2) is 56.9 Å². The minimum atomic E-state index is -0.0250.